The molecule has 2 fully saturated rings. The highest BCUT2D eigenvalue weighted by molar-refractivity contribution is 14.0. The Labute approximate surface area is 202 Å². The summed E-state index contributed by atoms with van der Waals surface area (Å²) in [4.78, 5) is 19.3. The number of nitriles is 1. The van der Waals surface area contributed by atoms with Crippen molar-refractivity contribution in [3.05, 3.63) is 35.4 Å². The highest BCUT2D eigenvalue weighted by Crippen LogP contribution is 2.36. The standard InChI is InChI=1S/C23H33N5O2.HI/c1-5-25-21(26-15-17-8-6-7-16(11-17)14-24)27-18-12-19-9-10-20(13-18)28(19)22(29)30-23(2,3)4;/h6-8,11,18-20H,5,9-10,12-13,15H2,1-4H3,(H2,25,26,27);1H. The molecule has 0 spiro atoms. The van der Waals surface area contributed by atoms with E-state index in [-0.39, 0.29) is 48.2 Å². The molecule has 1 amide bonds. The fraction of sp³-hybridized carbons (Fsp3) is 0.609. The minimum atomic E-state index is -0.473. The summed E-state index contributed by atoms with van der Waals surface area (Å²) in [6.07, 6.45) is 3.65. The number of rotatable bonds is 4. The third kappa shape index (κ3) is 6.99. The Morgan fingerprint density at radius 3 is 2.55 bits per heavy atom. The van der Waals surface area contributed by atoms with E-state index in [1.54, 1.807) is 6.07 Å². The maximum absolute atomic E-state index is 12.6. The molecule has 2 unspecified atom stereocenters. The van der Waals surface area contributed by atoms with Crippen LogP contribution in [0.25, 0.3) is 0 Å². The molecule has 1 aromatic carbocycles. The van der Waals surface area contributed by atoms with Gasteiger partial charge in [-0.1, -0.05) is 12.1 Å². The second-order valence-electron chi connectivity index (χ2n) is 9.09. The predicted molar refractivity (Wildman–Crippen MR) is 132 cm³/mol. The normalized spacial score (nSPS) is 22.9. The van der Waals surface area contributed by atoms with E-state index in [4.69, 9.17) is 15.0 Å². The molecule has 3 rings (SSSR count). The van der Waals surface area contributed by atoms with Crippen LogP contribution in [0, 0.1) is 11.3 Å². The zero-order chi connectivity index (χ0) is 21.7. The van der Waals surface area contributed by atoms with Gasteiger partial charge in [-0.3, -0.25) is 0 Å². The van der Waals surface area contributed by atoms with Crippen LogP contribution in [0.5, 0.6) is 0 Å². The Bertz CT molecular complexity index is 816. The van der Waals surface area contributed by atoms with Gasteiger partial charge < -0.3 is 20.3 Å². The van der Waals surface area contributed by atoms with Crippen molar-refractivity contribution in [2.24, 2.45) is 4.99 Å². The Balaban J connectivity index is 0.00000341. The first-order valence-corrected chi connectivity index (χ1v) is 10.8. The molecule has 31 heavy (non-hydrogen) atoms. The van der Waals surface area contributed by atoms with Crippen molar-refractivity contribution >= 4 is 36.0 Å². The summed E-state index contributed by atoms with van der Waals surface area (Å²) < 4.78 is 5.63. The van der Waals surface area contributed by atoms with E-state index in [2.05, 4.69) is 16.7 Å². The van der Waals surface area contributed by atoms with E-state index in [9.17, 15) is 4.79 Å². The molecular formula is C23H34IN5O2. The number of guanidine groups is 1. The van der Waals surface area contributed by atoms with E-state index < -0.39 is 5.60 Å². The SMILES string of the molecule is CCNC(=NCc1cccc(C#N)c1)NC1CC2CCC(C1)N2C(=O)OC(C)(C)C.I. The zero-order valence-electron chi connectivity index (χ0n) is 18.9. The van der Waals surface area contributed by atoms with Gasteiger partial charge >= 0.3 is 6.09 Å². The van der Waals surface area contributed by atoms with Gasteiger partial charge in [0, 0.05) is 24.7 Å². The van der Waals surface area contributed by atoms with E-state index in [1.165, 1.54) is 0 Å². The van der Waals surface area contributed by atoms with Crippen LogP contribution in [0.4, 0.5) is 4.79 Å². The number of ether oxygens (including phenoxy) is 1. The van der Waals surface area contributed by atoms with Gasteiger partial charge in [-0.2, -0.15) is 5.26 Å². The number of hydrogen-bond donors (Lipinski definition) is 2. The van der Waals surface area contributed by atoms with Crippen molar-refractivity contribution in [2.75, 3.05) is 6.54 Å². The Morgan fingerprint density at radius 2 is 1.97 bits per heavy atom. The average molecular weight is 539 g/mol. The van der Waals surface area contributed by atoms with E-state index in [0.717, 1.165) is 43.8 Å². The summed E-state index contributed by atoms with van der Waals surface area (Å²) in [6.45, 7) is 9.05. The summed E-state index contributed by atoms with van der Waals surface area (Å²) in [5.74, 6) is 0.773. The molecule has 2 N–H and O–H groups in total. The molecule has 0 aromatic heterocycles. The molecule has 2 saturated heterocycles. The highest BCUT2D eigenvalue weighted by Gasteiger charge is 2.45. The second-order valence-corrected chi connectivity index (χ2v) is 9.09. The van der Waals surface area contributed by atoms with Crippen molar-refractivity contribution in [2.45, 2.75) is 83.6 Å². The average Bonchev–Trinajstić information content (AvgIpc) is 2.96. The number of hydrogen-bond acceptors (Lipinski definition) is 4. The number of piperidine rings is 1. The molecule has 0 saturated carbocycles. The van der Waals surface area contributed by atoms with E-state index >= 15 is 0 Å². The lowest BCUT2D eigenvalue weighted by Gasteiger charge is -2.40. The molecule has 0 aliphatic carbocycles. The first kappa shape index (κ1) is 25.2. The number of nitrogens with one attached hydrogen (secondary N) is 2. The summed E-state index contributed by atoms with van der Waals surface area (Å²) in [7, 11) is 0. The number of amides is 1. The first-order valence-electron chi connectivity index (χ1n) is 10.8. The van der Waals surface area contributed by atoms with Crippen LogP contribution < -0.4 is 10.6 Å². The number of carbonyl (C=O) groups excluding carboxylic acids is 1. The van der Waals surface area contributed by atoms with Gasteiger partial charge in [0.2, 0.25) is 0 Å². The zero-order valence-corrected chi connectivity index (χ0v) is 21.2. The topological polar surface area (TPSA) is 89.8 Å². The molecule has 0 radical (unpaired) electrons. The number of fused-ring (bicyclic) bond motifs is 2. The van der Waals surface area contributed by atoms with Crippen LogP contribution in [-0.4, -0.2) is 47.2 Å². The molecule has 7 nitrogen and oxygen atoms in total. The molecule has 8 heteroatoms. The molecular weight excluding hydrogens is 505 g/mol. The van der Waals surface area contributed by atoms with Gasteiger partial charge in [0.1, 0.15) is 5.60 Å². The van der Waals surface area contributed by atoms with Crippen LogP contribution in [0.3, 0.4) is 0 Å². The van der Waals surface area contributed by atoms with Crippen molar-refractivity contribution in [1.82, 2.24) is 15.5 Å². The third-order valence-corrected chi connectivity index (χ3v) is 5.50. The quantitative estimate of drug-likeness (QED) is 0.341. The largest absolute Gasteiger partial charge is 0.444 e. The van der Waals surface area contributed by atoms with Crippen LogP contribution in [-0.2, 0) is 11.3 Å². The van der Waals surface area contributed by atoms with E-state index in [1.807, 2.05) is 50.8 Å². The van der Waals surface area contributed by atoms with Crippen molar-refractivity contribution in [1.29, 1.82) is 5.26 Å². The van der Waals surface area contributed by atoms with Crippen LogP contribution in [0.2, 0.25) is 0 Å². The van der Waals surface area contributed by atoms with Crippen molar-refractivity contribution in [3.8, 4) is 6.07 Å². The maximum Gasteiger partial charge on any atom is 0.410 e. The number of benzene rings is 1. The van der Waals surface area contributed by atoms with Crippen molar-refractivity contribution in [3.63, 3.8) is 0 Å². The molecule has 2 bridgehead atoms. The molecule has 1 aromatic rings. The summed E-state index contributed by atoms with van der Waals surface area (Å²) in [5, 5.41) is 15.9. The Hall–Kier alpha value is -2.02. The number of carbonyl (C=O) groups is 1. The number of halogens is 1. The fourth-order valence-corrected chi connectivity index (χ4v) is 4.33. The van der Waals surface area contributed by atoms with Crippen LogP contribution >= 0.6 is 24.0 Å². The maximum atomic E-state index is 12.6. The second kappa shape index (κ2) is 11.0. The predicted octanol–water partition coefficient (Wildman–Crippen LogP) is 4.16. The summed E-state index contributed by atoms with van der Waals surface area (Å²) in [5.41, 5.74) is 1.18. The van der Waals surface area contributed by atoms with Gasteiger partial charge in [-0.05, 0) is 71.1 Å². The van der Waals surface area contributed by atoms with Gasteiger partial charge in [0.15, 0.2) is 5.96 Å². The lowest BCUT2D eigenvalue weighted by Crippen LogP contribution is -2.55. The number of aliphatic imine (C=N–C) groups is 1. The highest BCUT2D eigenvalue weighted by atomic mass is 127. The monoisotopic (exact) mass is 539 g/mol. The lowest BCUT2D eigenvalue weighted by molar-refractivity contribution is 0.00545. The van der Waals surface area contributed by atoms with Gasteiger partial charge in [-0.15, -0.1) is 24.0 Å². The van der Waals surface area contributed by atoms with Crippen LogP contribution in [0.15, 0.2) is 29.3 Å². The van der Waals surface area contributed by atoms with Gasteiger partial charge in [0.25, 0.3) is 0 Å². The third-order valence-electron chi connectivity index (χ3n) is 5.50. The molecule has 2 aliphatic rings. The molecule has 170 valence electrons. The smallest absolute Gasteiger partial charge is 0.410 e. The molecule has 2 heterocycles. The molecule has 2 aliphatic heterocycles. The van der Waals surface area contributed by atoms with Crippen molar-refractivity contribution < 1.29 is 9.53 Å². The van der Waals surface area contributed by atoms with Gasteiger partial charge in [-0.25, -0.2) is 9.79 Å². The first-order chi connectivity index (χ1) is 14.3. The lowest BCUT2D eigenvalue weighted by atomic mass is 9.98. The van der Waals surface area contributed by atoms with E-state index in [0.29, 0.717) is 12.1 Å². The summed E-state index contributed by atoms with van der Waals surface area (Å²) in [6, 6.07) is 10.4. The van der Waals surface area contributed by atoms with Gasteiger partial charge in [0.05, 0.1) is 18.2 Å². The Morgan fingerprint density at radius 1 is 1.29 bits per heavy atom. The van der Waals surface area contributed by atoms with Crippen LogP contribution in [0.1, 0.15) is 64.5 Å². The molecule has 2 atom stereocenters. The Kier molecular flexibility index (Phi) is 8.98. The fourth-order valence-electron chi connectivity index (χ4n) is 4.33. The minimum absolute atomic E-state index is 0. The summed E-state index contributed by atoms with van der Waals surface area (Å²) >= 11 is 0. The number of nitrogens with zero attached hydrogens (tertiary/aromatic N) is 3. The minimum Gasteiger partial charge on any atom is -0.444 e.